The number of likely N-dealkylation sites (tertiary alicyclic amines) is 1. The number of fused-ring (bicyclic) bond motifs is 1. The van der Waals surface area contributed by atoms with Crippen molar-refractivity contribution in [2.24, 2.45) is 5.73 Å². The van der Waals surface area contributed by atoms with Crippen LogP contribution in [0.2, 0.25) is 0 Å². The van der Waals surface area contributed by atoms with Crippen LogP contribution in [0.3, 0.4) is 0 Å². The van der Waals surface area contributed by atoms with Crippen molar-refractivity contribution in [3.05, 3.63) is 70.9 Å². The first-order chi connectivity index (χ1) is 14.8. The molecule has 7 heteroatoms. The van der Waals surface area contributed by atoms with Crippen molar-refractivity contribution in [1.29, 1.82) is 0 Å². The van der Waals surface area contributed by atoms with E-state index in [0.717, 1.165) is 23.8 Å². The number of aromatic nitrogens is 1. The van der Waals surface area contributed by atoms with Gasteiger partial charge in [0.1, 0.15) is 5.69 Å². The number of hydrogen-bond acceptors (Lipinski definition) is 4. The number of H-pyrrole nitrogens is 1. The van der Waals surface area contributed by atoms with Crippen LogP contribution in [-0.2, 0) is 16.9 Å². The first-order valence-electron chi connectivity index (χ1n) is 10.5. The summed E-state index contributed by atoms with van der Waals surface area (Å²) in [5, 5.41) is 20.2. The normalized spacial score (nSPS) is 16.9. The van der Waals surface area contributed by atoms with Gasteiger partial charge in [-0.3, -0.25) is 4.79 Å². The van der Waals surface area contributed by atoms with Gasteiger partial charge in [-0.15, -0.1) is 0 Å². The van der Waals surface area contributed by atoms with Crippen molar-refractivity contribution >= 4 is 22.8 Å². The Balaban J connectivity index is 1.48. The maximum atomic E-state index is 13.0. The zero-order chi connectivity index (χ0) is 22.2. The lowest BCUT2D eigenvalue weighted by molar-refractivity contribution is -0.157. The first kappa shape index (κ1) is 21.1. The fourth-order valence-electron chi connectivity index (χ4n) is 4.23. The summed E-state index contributed by atoms with van der Waals surface area (Å²) >= 11 is 0. The number of carboxylic acids is 1. The van der Waals surface area contributed by atoms with E-state index in [1.807, 2.05) is 17.0 Å². The predicted octanol–water partition coefficient (Wildman–Crippen LogP) is 2.94. The molecule has 1 aliphatic heterocycles. The zero-order valence-electron chi connectivity index (χ0n) is 17.5. The van der Waals surface area contributed by atoms with Gasteiger partial charge in [0.05, 0.1) is 0 Å². The van der Waals surface area contributed by atoms with Crippen LogP contribution in [0.15, 0.2) is 48.5 Å². The Kier molecular flexibility index (Phi) is 5.56. The molecule has 0 radical (unpaired) electrons. The minimum atomic E-state index is -1.99. The van der Waals surface area contributed by atoms with E-state index < -0.39 is 11.6 Å². The fourth-order valence-corrected chi connectivity index (χ4v) is 4.23. The molecule has 0 aliphatic carbocycles. The third-order valence-electron chi connectivity index (χ3n) is 6.27. The lowest BCUT2D eigenvalue weighted by Crippen LogP contribution is -2.38. The number of nitrogens with one attached hydrogen (secondary N) is 1. The van der Waals surface area contributed by atoms with Crippen molar-refractivity contribution in [3.63, 3.8) is 0 Å². The molecule has 5 N–H and O–H groups in total. The van der Waals surface area contributed by atoms with Crippen molar-refractivity contribution in [3.8, 4) is 0 Å². The number of aliphatic hydroxyl groups is 1. The molecule has 1 fully saturated rings. The lowest BCUT2D eigenvalue weighted by atomic mass is 9.88. The molecule has 1 aliphatic rings. The highest BCUT2D eigenvalue weighted by Crippen LogP contribution is 2.30. The number of nitrogens with two attached hydrogens (primary N) is 1. The van der Waals surface area contributed by atoms with E-state index >= 15 is 0 Å². The van der Waals surface area contributed by atoms with Crippen molar-refractivity contribution in [1.82, 2.24) is 9.88 Å². The van der Waals surface area contributed by atoms with Crippen LogP contribution in [0.25, 0.3) is 10.9 Å². The van der Waals surface area contributed by atoms with Crippen molar-refractivity contribution in [2.75, 3.05) is 13.1 Å². The summed E-state index contributed by atoms with van der Waals surface area (Å²) in [6, 6.07) is 15.0. The van der Waals surface area contributed by atoms with Crippen molar-refractivity contribution in [2.45, 2.75) is 37.8 Å². The summed E-state index contributed by atoms with van der Waals surface area (Å²) < 4.78 is 0. The lowest BCUT2D eigenvalue weighted by Gasteiger charge is -2.32. The molecule has 1 saturated heterocycles. The molecule has 1 amide bonds. The largest absolute Gasteiger partial charge is 0.479 e. The third kappa shape index (κ3) is 4.06. The van der Waals surface area contributed by atoms with Crippen LogP contribution in [0.4, 0.5) is 0 Å². The van der Waals surface area contributed by atoms with Gasteiger partial charge in [0.15, 0.2) is 5.60 Å². The second-order valence-corrected chi connectivity index (χ2v) is 8.38. The summed E-state index contributed by atoms with van der Waals surface area (Å²) in [5.41, 5.74) is 7.50. The van der Waals surface area contributed by atoms with Gasteiger partial charge in [-0.2, -0.15) is 0 Å². The number of piperidine rings is 1. The van der Waals surface area contributed by atoms with Crippen LogP contribution in [0, 0.1) is 0 Å². The van der Waals surface area contributed by atoms with E-state index in [0.29, 0.717) is 36.8 Å². The van der Waals surface area contributed by atoms with Gasteiger partial charge < -0.3 is 25.8 Å². The second kappa shape index (κ2) is 8.17. The van der Waals surface area contributed by atoms with Crippen molar-refractivity contribution < 1.29 is 19.8 Å². The highest BCUT2D eigenvalue weighted by Gasteiger charge is 2.32. The second-order valence-electron chi connectivity index (χ2n) is 8.38. The average Bonchev–Trinajstić information content (AvgIpc) is 3.22. The quantitative estimate of drug-likeness (QED) is 0.505. The molecule has 0 unspecified atom stereocenters. The van der Waals surface area contributed by atoms with Gasteiger partial charge in [0.2, 0.25) is 0 Å². The molecule has 4 rings (SSSR count). The number of carbonyl (C=O) groups excluding carboxylic acids is 1. The molecule has 1 aromatic heterocycles. The predicted molar refractivity (Wildman–Crippen MR) is 118 cm³/mol. The van der Waals surface area contributed by atoms with Gasteiger partial charge in [-0.05, 0) is 54.5 Å². The number of hydrogen-bond donors (Lipinski definition) is 4. The van der Waals surface area contributed by atoms with Crippen LogP contribution in [0.1, 0.15) is 52.9 Å². The molecule has 7 nitrogen and oxygen atoms in total. The smallest absolute Gasteiger partial charge is 0.340 e. The monoisotopic (exact) mass is 421 g/mol. The molecule has 1 atom stereocenters. The fraction of sp³-hybridized carbons (Fsp3) is 0.333. The molecule has 3 aromatic rings. The number of benzene rings is 2. The van der Waals surface area contributed by atoms with Crippen LogP contribution >= 0.6 is 0 Å². The summed E-state index contributed by atoms with van der Waals surface area (Å²) in [6.45, 7) is 3.10. The van der Waals surface area contributed by atoms with Crippen LogP contribution in [-0.4, -0.2) is 45.1 Å². The summed E-state index contributed by atoms with van der Waals surface area (Å²) in [6.07, 6.45) is 1.79. The summed E-state index contributed by atoms with van der Waals surface area (Å²) in [5.74, 6) is -0.981. The Hall–Kier alpha value is -3.16. The molecule has 0 spiro atoms. The van der Waals surface area contributed by atoms with E-state index in [2.05, 4.69) is 17.1 Å². The Bertz CT molecular complexity index is 1130. The third-order valence-corrected chi connectivity index (χ3v) is 6.27. The average molecular weight is 421 g/mol. The molecule has 0 saturated carbocycles. The highest BCUT2D eigenvalue weighted by atomic mass is 16.4. The van der Waals surface area contributed by atoms with E-state index in [1.165, 1.54) is 12.5 Å². The SMILES string of the molecule is C[C@](O)(C(=O)O)c1ccc2cc(C(=O)N3CCC(c4cccc(CN)c4)CC3)[nH]c2c1. The number of aliphatic carboxylic acids is 1. The molecule has 2 heterocycles. The van der Waals surface area contributed by atoms with Gasteiger partial charge in [0.25, 0.3) is 5.91 Å². The molecule has 0 bridgehead atoms. The van der Waals surface area contributed by atoms with Gasteiger partial charge >= 0.3 is 5.97 Å². The number of carboxylic acid groups (broad SMARTS) is 1. The maximum Gasteiger partial charge on any atom is 0.340 e. The van der Waals surface area contributed by atoms with E-state index in [-0.39, 0.29) is 11.5 Å². The van der Waals surface area contributed by atoms with E-state index in [4.69, 9.17) is 5.73 Å². The molecule has 31 heavy (non-hydrogen) atoms. The number of amides is 1. The highest BCUT2D eigenvalue weighted by molar-refractivity contribution is 5.98. The van der Waals surface area contributed by atoms with Gasteiger partial charge in [-0.1, -0.05) is 36.4 Å². The van der Waals surface area contributed by atoms with Gasteiger partial charge in [0, 0.05) is 30.5 Å². The molecular weight excluding hydrogens is 394 g/mol. The van der Waals surface area contributed by atoms with Crippen LogP contribution in [0.5, 0.6) is 0 Å². The van der Waals surface area contributed by atoms with Crippen LogP contribution < -0.4 is 5.73 Å². The van der Waals surface area contributed by atoms with Gasteiger partial charge in [-0.25, -0.2) is 4.79 Å². The topological polar surface area (TPSA) is 120 Å². The molecular formula is C24H27N3O4. The number of carbonyl (C=O) groups is 2. The van der Waals surface area contributed by atoms with E-state index in [9.17, 15) is 19.8 Å². The Labute approximate surface area is 180 Å². The Morgan fingerprint density at radius 3 is 2.58 bits per heavy atom. The Morgan fingerprint density at radius 1 is 1.16 bits per heavy atom. The number of nitrogens with zero attached hydrogens (tertiary/aromatic N) is 1. The standard InChI is InChI=1S/C24H27N3O4/c1-24(31,23(29)30)19-6-5-18-12-21(26-20(18)13-19)22(28)27-9-7-16(8-10-27)17-4-2-3-15(11-17)14-25/h2-6,11-13,16,26,31H,7-10,14,25H2,1H3,(H,29,30)/t24-/m1/s1. The molecule has 162 valence electrons. The first-order valence-corrected chi connectivity index (χ1v) is 10.5. The summed E-state index contributed by atoms with van der Waals surface area (Å²) in [4.78, 5) is 29.3. The minimum Gasteiger partial charge on any atom is -0.479 e. The Morgan fingerprint density at radius 2 is 1.90 bits per heavy atom. The maximum absolute atomic E-state index is 13.0. The molecule has 2 aromatic carbocycles. The van der Waals surface area contributed by atoms with E-state index in [1.54, 1.807) is 24.3 Å². The summed E-state index contributed by atoms with van der Waals surface area (Å²) in [7, 11) is 0. The number of rotatable bonds is 5. The zero-order valence-corrected chi connectivity index (χ0v) is 17.5. The number of aromatic amines is 1. The minimum absolute atomic E-state index is 0.0723.